The number of benzene rings is 1. The zero-order valence-corrected chi connectivity index (χ0v) is 11.9. The van der Waals surface area contributed by atoms with E-state index in [0.29, 0.717) is 6.61 Å². The van der Waals surface area contributed by atoms with Gasteiger partial charge in [-0.05, 0) is 24.6 Å². The molecule has 1 amide bonds. The molecule has 0 aliphatic carbocycles. The zero-order valence-electron chi connectivity index (χ0n) is 11.1. The molecule has 0 radical (unpaired) electrons. The standard InChI is InChI=1S/C13H16FNO4S/c1-2-19-11-5-3-10(4-6-11)8-15-9-12(7-13(15)16)20(14,17)18/h3-6,12H,2,7-9H2,1H3. The molecule has 110 valence electrons. The van der Waals surface area contributed by atoms with Crippen molar-refractivity contribution in [2.45, 2.75) is 25.1 Å². The average molecular weight is 301 g/mol. The lowest BCUT2D eigenvalue weighted by Gasteiger charge is -2.16. The highest BCUT2D eigenvalue weighted by Crippen LogP contribution is 2.22. The van der Waals surface area contributed by atoms with E-state index in [1.54, 1.807) is 24.3 Å². The summed E-state index contributed by atoms with van der Waals surface area (Å²) in [7, 11) is -4.66. The average Bonchev–Trinajstić information content (AvgIpc) is 2.74. The normalized spacial score (nSPS) is 19.4. The Kier molecular flexibility index (Phi) is 4.27. The van der Waals surface area contributed by atoms with Crippen molar-refractivity contribution in [3.05, 3.63) is 29.8 Å². The quantitative estimate of drug-likeness (QED) is 0.773. The molecule has 1 aromatic carbocycles. The number of hydrogen-bond donors (Lipinski definition) is 0. The van der Waals surface area contributed by atoms with Crippen molar-refractivity contribution in [1.82, 2.24) is 4.90 Å². The van der Waals surface area contributed by atoms with Gasteiger partial charge in [0.15, 0.2) is 0 Å². The van der Waals surface area contributed by atoms with E-state index in [0.717, 1.165) is 11.3 Å². The molecule has 1 heterocycles. The number of amides is 1. The predicted octanol–water partition coefficient (Wildman–Crippen LogP) is 1.49. The first kappa shape index (κ1) is 14.8. The first-order valence-electron chi connectivity index (χ1n) is 6.33. The van der Waals surface area contributed by atoms with Crippen LogP contribution in [0.2, 0.25) is 0 Å². The Bertz CT molecular complexity index is 585. The zero-order chi connectivity index (χ0) is 14.8. The second-order valence-corrected chi connectivity index (χ2v) is 6.27. The van der Waals surface area contributed by atoms with Gasteiger partial charge in [-0.25, -0.2) is 0 Å². The number of carbonyl (C=O) groups excluding carboxylic acids is 1. The second-order valence-electron chi connectivity index (χ2n) is 4.65. The molecule has 1 atom stereocenters. The molecule has 0 N–H and O–H groups in total. The van der Waals surface area contributed by atoms with Gasteiger partial charge >= 0.3 is 10.2 Å². The number of carbonyl (C=O) groups is 1. The van der Waals surface area contributed by atoms with Crippen molar-refractivity contribution in [2.75, 3.05) is 13.2 Å². The van der Waals surface area contributed by atoms with Gasteiger partial charge in [0, 0.05) is 19.5 Å². The molecule has 7 heteroatoms. The summed E-state index contributed by atoms with van der Waals surface area (Å²) in [6.45, 7) is 2.64. The van der Waals surface area contributed by atoms with Gasteiger partial charge in [0.05, 0.1) is 6.61 Å². The van der Waals surface area contributed by atoms with E-state index in [9.17, 15) is 17.1 Å². The Morgan fingerprint density at radius 3 is 2.50 bits per heavy atom. The van der Waals surface area contributed by atoms with E-state index in [1.807, 2.05) is 6.92 Å². The lowest BCUT2D eigenvalue weighted by Crippen LogP contribution is -2.26. The van der Waals surface area contributed by atoms with Gasteiger partial charge in [-0.1, -0.05) is 12.1 Å². The number of hydrogen-bond acceptors (Lipinski definition) is 4. The predicted molar refractivity (Wildman–Crippen MR) is 71.5 cm³/mol. The van der Waals surface area contributed by atoms with Gasteiger partial charge in [-0.3, -0.25) is 4.79 Å². The minimum absolute atomic E-state index is 0.0924. The molecule has 1 aliphatic rings. The van der Waals surface area contributed by atoms with Crippen LogP contribution in [0.5, 0.6) is 5.75 Å². The maximum Gasteiger partial charge on any atom is 0.307 e. The SMILES string of the molecule is CCOc1ccc(CN2CC(S(=O)(=O)F)CC2=O)cc1. The van der Waals surface area contributed by atoms with Crippen molar-refractivity contribution in [3.8, 4) is 5.75 Å². The molecule has 5 nitrogen and oxygen atoms in total. The molecule has 1 saturated heterocycles. The summed E-state index contributed by atoms with van der Waals surface area (Å²) in [6, 6.07) is 7.16. The van der Waals surface area contributed by atoms with E-state index < -0.39 is 15.5 Å². The lowest BCUT2D eigenvalue weighted by molar-refractivity contribution is -0.128. The van der Waals surface area contributed by atoms with Crippen molar-refractivity contribution in [1.29, 1.82) is 0 Å². The van der Waals surface area contributed by atoms with E-state index in [2.05, 4.69) is 0 Å². The monoisotopic (exact) mass is 301 g/mol. The van der Waals surface area contributed by atoms with Gasteiger partial charge < -0.3 is 9.64 Å². The maximum absolute atomic E-state index is 12.9. The summed E-state index contributed by atoms with van der Waals surface area (Å²) in [6.07, 6.45) is -0.282. The van der Waals surface area contributed by atoms with Gasteiger partial charge in [-0.15, -0.1) is 3.89 Å². The summed E-state index contributed by atoms with van der Waals surface area (Å²) in [5, 5.41) is -1.24. The number of ether oxygens (including phenoxy) is 1. The van der Waals surface area contributed by atoms with Crippen LogP contribution in [0.1, 0.15) is 18.9 Å². The highest BCUT2D eigenvalue weighted by Gasteiger charge is 2.38. The summed E-state index contributed by atoms with van der Waals surface area (Å²) >= 11 is 0. The molecule has 1 aromatic rings. The van der Waals surface area contributed by atoms with E-state index in [1.165, 1.54) is 4.90 Å². The third-order valence-electron chi connectivity index (χ3n) is 3.18. The molecule has 0 bridgehead atoms. The van der Waals surface area contributed by atoms with Crippen LogP contribution in [0.15, 0.2) is 24.3 Å². The summed E-state index contributed by atoms with van der Waals surface area (Å²) in [5.74, 6) is 0.387. The van der Waals surface area contributed by atoms with Crippen LogP contribution in [0.25, 0.3) is 0 Å². The molecule has 0 saturated carbocycles. The van der Waals surface area contributed by atoms with Crippen molar-refractivity contribution >= 4 is 16.1 Å². The summed E-state index contributed by atoms with van der Waals surface area (Å²) < 4.78 is 39.9. The lowest BCUT2D eigenvalue weighted by atomic mass is 10.2. The van der Waals surface area contributed by atoms with Crippen LogP contribution in [-0.4, -0.2) is 37.6 Å². The Hall–Kier alpha value is -1.63. The van der Waals surface area contributed by atoms with Crippen molar-refractivity contribution in [2.24, 2.45) is 0 Å². The van der Waals surface area contributed by atoms with Crippen molar-refractivity contribution < 1.29 is 21.8 Å². The number of rotatable bonds is 5. The number of likely N-dealkylation sites (tertiary alicyclic amines) is 1. The Labute approximate surface area is 117 Å². The van der Waals surface area contributed by atoms with Crippen LogP contribution in [0.3, 0.4) is 0 Å². The molecule has 0 spiro atoms. The fourth-order valence-corrected chi connectivity index (χ4v) is 2.86. The Morgan fingerprint density at radius 2 is 2.00 bits per heavy atom. The van der Waals surface area contributed by atoms with Crippen LogP contribution in [0.4, 0.5) is 3.89 Å². The smallest absolute Gasteiger partial charge is 0.307 e. The van der Waals surface area contributed by atoms with E-state index >= 15 is 0 Å². The topological polar surface area (TPSA) is 63.7 Å². The highest BCUT2D eigenvalue weighted by atomic mass is 32.3. The van der Waals surface area contributed by atoms with Crippen LogP contribution >= 0.6 is 0 Å². The molecule has 1 fully saturated rings. The molecule has 1 unspecified atom stereocenters. The minimum atomic E-state index is -4.66. The second kappa shape index (κ2) is 5.78. The van der Waals surface area contributed by atoms with E-state index in [-0.39, 0.29) is 25.4 Å². The van der Waals surface area contributed by atoms with Gasteiger partial charge in [0.1, 0.15) is 11.0 Å². The molecule has 0 aromatic heterocycles. The fourth-order valence-electron chi connectivity index (χ4n) is 2.16. The van der Waals surface area contributed by atoms with E-state index in [4.69, 9.17) is 4.74 Å². The van der Waals surface area contributed by atoms with Crippen LogP contribution in [0, 0.1) is 0 Å². The molecular formula is C13H16FNO4S. The van der Waals surface area contributed by atoms with Crippen LogP contribution < -0.4 is 4.74 Å². The maximum atomic E-state index is 12.9. The number of halogens is 1. The van der Waals surface area contributed by atoms with Gasteiger partial charge in [0.25, 0.3) is 0 Å². The van der Waals surface area contributed by atoms with Crippen LogP contribution in [-0.2, 0) is 21.6 Å². The number of nitrogens with zero attached hydrogens (tertiary/aromatic N) is 1. The largest absolute Gasteiger partial charge is 0.494 e. The molecular weight excluding hydrogens is 285 g/mol. The highest BCUT2D eigenvalue weighted by molar-refractivity contribution is 7.87. The Balaban J connectivity index is 2.01. The molecule has 2 rings (SSSR count). The minimum Gasteiger partial charge on any atom is -0.494 e. The van der Waals surface area contributed by atoms with Gasteiger partial charge in [-0.2, -0.15) is 8.42 Å². The molecule has 20 heavy (non-hydrogen) atoms. The van der Waals surface area contributed by atoms with Gasteiger partial charge in [0.2, 0.25) is 5.91 Å². The summed E-state index contributed by atoms with van der Waals surface area (Å²) in [4.78, 5) is 13.0. The first-order valence-corrected chi connectivity index (χ1v) is 7.78. The summed E-state index contributed by atoms with van der Waals surface area (Å²) in [5.41, 5.74) is 0.846. The third kappa shape index (κ3) is 3.47. The first-order chi connectivity index (χ1) is 9.40. The third-order valence-corrected chi connectivity index (χ3v) is 4.30. The Morgan fingerprint density at radius 1 is 1.35 bits per heavy atom. The fraction of sp³-hybridized carbons (Fsp3) is 0.462. The molecule has 1 aliphatic heterocycles. The van der Waals surface area contributed by atoms with Crippen molar-refractivity contribution in [3.63, 3.8) is 0 Å².